The quantitative estimate of drug-likeness (QED) is 0.880. The molecular weight excluding hydrogens is 310 g/mol. The monoisotopic (exact) mass is 329 g/mol. The number of furan rings is 1. The van der Waals surface area contributed by atoms with Crippen LogP contribution in [0.2, 0.25) is 0 Å². The van der Waals surface area contributed by atoms with Crippen LogP contribution in [0.1, 0.15) is 24.2 Å². The number of carbonyl (C=O) groups excluding carboxylic acids is 1. The van der Waals surface area contributed by atoms with Gasteiger partial charge in [0.15, 0.2) is 6.10 Å². The Morgan fingerprint density at radius 1 is 1.04 bits per heavy atom. The van der Waals surface area contributed by atoms with Crippen molar-refractivity contribution in [1.82, 2.24) is 4.90 Å². The predicted octanol–water partition coefficient (Wildman–Crippen LogP) is 2.44. The normalized spacial score (nSPS) is 20.0. The maximum atomic E-state index is 12.8. The second-order valence-electron chi connectivity index (χ2n) is 5.79. The van der Waals surface area contributed by atoms with Crippen LogP contribution in [0.3, 0.4) is 0 Å². The third-order valence-electron chi connectivity index (χ3n) is 4.03. The molecule has 2 atom stereocenters. The Hall–Kier alpha value is -2.60. The lowest BCUT2D eigenvalue weighted by Crippen LogP contribution is -2.39. The van der Waals surface area contributed by atoms with Crippen molar-refractivity contribution in [2.75, 3.05) is 0 Å². The number of benzene rings is 1. The molecule has 6 heteroatoms. The number of carbonyl (C=O) groups is 2. The molecule has 126 valence electrons. The fraction of sp³-hybridized carbons (Fsp3) is 0.333. The molecule has 1 aliphatic heterocycles. The number of rotatable bonds is 6. The molecule has 1 fully saturated rings. The molecule has 0 aliphatic carbocycles. The number of ether oxygens (including phenoxy) is 1. The SMILES string of the molecule is O=C(O)[C@H]1CC[C@@H](C(=O)N(Cc2ccccc2)Cc2ccco2)O1. The van der Waals surface area contributed by atoms with Crippen LogP contribution in [0, 0.1) is 0 Å². The molecule has 0 spiro atoms. The lowest BCUT2D eigenvalue weighted by atomic mass is 10.1. The van der Waals surface area contributed by atoms with E-state index in [2.05, 4.69) is 0 Å². The molecule has 1 saturated heterocycles. The Kier molecular flexibility index (Phi) is 4.96. The van der Waals surface area contributed by atoms with Gasteiger partial charge in [0.2, 0.25) is 0 Å². The Morgan fingerprint density at radius 3 is 2.42 bits per heavy atom. The number of amides is 1. The highest BCUT2D eigenvalue weighted by Gasteiger charge is 2.37. The summed E-state index contributed by atoms with van der Waals surface area (Å²) in [6.07, 6.45) is 0.712. The van der Waals surface area contributed by atoms with Crippen molar-refractivity contribution in [1.29, 1.82) is 0 Å². The predicted molar refractivity (Wildman–Crippen MR) is 84.9 cm³/mol. The fourth-order valence-electron chi connectivity index (χ4n) is 2.81. The highest BCUT2D eigenvalue weighted by atomic mass is 16.5. The molecule has 6 nitrogen and oxygen atoms in total. The summed E-state index contributed by atoms with van der Waals surface area (Å²) >= 11 is 0. The maximum absolute atomic E-state index is 12.8. The topological polar surface area (TPSA) is 80.0 Å². The van der Waals surface area contributed by atoms with Crippen LogP contribution < -0.4 is 0 Å². The minimum absolute atomic E-state index is 0.209. The van der Waals surface area contributed by atoms with E-state index in [0.717, 1.165) is 5.56 Å². The van der Waals surface area contributed by atoms with E-state index in [0.29, 0.717) is 31.7 Å². The minimum Gasteiger partial charge on any atom is -0.479 e. The van der Waals surface area contributed by atoms with E-state index < -0.39 is 18.2 Å². The first-order chi connectivity index (χ1) is 11.6. The van der Waals surface area contributed by atoms with Crippen molar-refractivity contribution in [3.05, 3.63) is 60.1 Å². The molecule has 3 rings (SSSR count). The number of hydrogen-bond donors (Lipinski definition) is 1. The minimum atomic E-state index is -1.02. The summed E-state index contributed by atoms with van der Waals surface area (Å²) < 4.78 is 10.7. The zero-order valence-electron chi connectivity index (χ0n) is 13.1. The summed E-state index contributed by atoms with van der Waals surface area (Å²) in [6.45, 7) is 0.732. The van der Waals surface area contributed by atoms with Gasteiger partial charge in [-0.3, -0.25) is 4.79 Å². The van der Waals surface area contributed by atoms with E-state index in [1.165, 1.54) is 0 Å². The number of carboxylic acids is 1. The van der Waals surface area contributed by atoms with E-state index in [4.69, 9.17) is 14.3 Å². The van der Waals surface area contributed by atoms with Gasteiger partial charge < -0.3 is 19.2 Å². The molecule has 1 aromatic heterocycles. The molecule has 0 radical (unpaired) electrons. The summed E-state index contributed by atoms with van der Waals surface area (Å²) in [5.41, 5.74) is 0.991. The molecule has 24 heavy (non-hydrogen) atoms. The molecule has 1 amide bonds. The van der Waals surface area contributed by atoms with Gasteiger partial charge in [0, 0.05) is 6.54 Å². The molecule has 1 aromatic carbocycles. The van der Waals surface area contributed by atoms with Gasteiger partial charge in [0.05, 0.1) is 12.8 Å². The third kappa shape index (κ3) is 3.83. The van der Waals surface area contributed by atoms with Crippen molar-refractivity contribution >= 4 is 11.9 Å². The van der Waals surface area contributed by atoms with Crippen LogP contribution in [0.25, 0.3) is 0 Å². The van der Waals surface area contributed by atoms with Gasteiger partial charge in [0.1, 0.15) is 11.9 Å². The van der Waals surface area contributed by atoms with Crippen molar-refractivity contribution in [2.45, 2.75) is 38.1 Å². The van der Waals surface area contributed by atoms with Crippen LogP contribution >= 0.6 is 0 Å². The van der Waals surface area contributed by atoms with Crippen molar-refractivity contribution in [2.24, 2.45) is 0 Å². The van der Waals surface area contributed by atoms with Crippen LogP contribution in [0.4, 0.5) is 0 Å². The molecule has 0 saturated carbocycles. The first kappa shape index (κ1) is 16.3. The Morgan fingerprint density at radius 2 is 1.79 bits per heavy atom. The first-order valence-corrected chi connectivity index (χ1v) is 7.87. The standard InChI is InChI=1S/C18H19NO5/c20-17(15-8-9-16(24-15)18(21)22)19(12-14-7-4-10-23-14)11-13-5-2-1-3-6-13/h1-7,10,15-16H,8-9,11-12H2,(H,21,22)/t15-,16+/m0/s1. The Labute approximate surface area is 139 Å². The lowest BCUT2D eigenvalue weighted by Gasteiger charge is -2.25. The Balaban J connectivity index is 1.73. The van der Waals surface area contributed by atoms with Gasteiger partial charge >= 0.3 is 5.97 Å². The van der Waals surface area contributed by atoms with Gasteiger partial charge in [-0.05, 0) is 30.5 Å². The average Bonchev–Trinajstić information content (AvgIpc) is 3.26. The average molecular weight is 329 g/mol. The smallest absolute Gasteiger partial charge is 0.332 e. The molecule has 1 N–H and O–H groups in total. The molecule has 1 aliphatic rings. The van der Waals surface area contributed by atoms with Crippen molar-refractivity contribution < 1.29 is 23.8 Å². The summed E-state index contributed by atoms with van der Waals surface area (Å²) in [6, 6.07) is 13.2. The molecular formula is C18H19NO5. The number of aliphatic carboxylic acids is 1. The summed E-state index contributed by atoms with van der Waals surface area (Å²) in [5.74, 6) is -0.558. The van der Waals surface area contributed by atoms with Gasteiger partial charge in [-0.15, -0.1) is 0 Å². The van der Waals surface area contributed by atoms with E-state index in [1.807, 2.05) is 30.3 Å². The summed E-state index contributed by atoms with van der Waals surface area (Å²) in [7, 11) is 0. The van der Waals surface area contributed by atoms with E-state index in [-0.39, 0.29) is 5.91 Å². The number of nitrogens with zero attached hydrogens (tertiary/aromatic N) is 1. The zero-order chi connectivity index (χ0) is 16.9. The van der Waals surface area contributed by atoms with Crippen LogP contribution in [0.5, 0.6) is 0 Å². The largest absolute Gasteiger partial charge is 0.479 e. The molecule has 2 aromatic rings. The van der Waals surface area contributed by atoms with Crippen molar-refractivity contribution in [3.8, 4) is 0 Å². The molecule has 2 heterocycles. The Bertz CT molecular complexity index is 683. The van der Waals surface area contributed by atoms with Gasteiger partial charge in [-0.1, -0.05) is 30.3 Å². The van der Waals surface area contributed by atoms with Gasteiger partial charge in [-0.25, -0.2) is 4.79 Å². The summed E-state index contributed by atoms with van der Waals surface area (Å²) in [4.78, 5) is 25.5. The van der Waals surface area contributed by atoms with E-state index in [9.17, 15) is 9.59 Å². The summed E-state index contributed by atoms with van der Waals surface area (Å²) in [5, 5.41) is 9.03. The number of carboxylic acid groups (broad SMARTS) is 1. The third-order valence-corrected chi connectivity index (χ3v) is 4.03. The van der Waals surface area contributed by atoms with Gasteiger partial charge in [0.25, 0.3) is 5.91 Å². The van der Waals surface area contributed by atoms with Crippen LogP contribution in [0.15, 0.2) is 53.1 Å². The lowest BCUT2D eigenvalue weighted by molar-refractivity contribution is -0.155. The van der Waals surface area contributed by atoms with E-state index in [1.54, 1.807) is 23.3 Å². The first-order valence-electron chi connectivity index (χ1n) is 7.87. The molecule has 0 unspecified atom stereocenters. The highest BCUT2D eigenvalue weighted by Crippen LogP contribution is 2.23. The van der Waals surface area contributed by atoms with Crippen molar-refractivity contribution in [3.63, 3.8) is 0 Å². The second kappa shape index (κ2) is 7.31. The van der Waals surface area contributed by atoms with E-state index >= 15 is 0 Å². The van der Waals surface area contributed by atoms with Crippen LogP contribution in [-0.2, 0) is 27.4 Å². The fourth-order valence-corrected chi connectivity index (χ4v) is 2.81. The highest BCUT2D eigenvalue weighted by molar-refractivity contribution is 5.82. The maximum Gasteiger partial charge on any atom is 0.332 e. The second-order valence-corrected chi connectivity index (χ2v) is 5.79. The molecule has 0 bridgehead atoms. The van der Waals surface area contributed by atoms with Crippen LogP contribution in [-0.4, -0.2) is 34.1 Å². The number of hydrogen-bond acceptors (Lipinski definition) is 4. The van der Waals surface area contributed by atoms with Gasteiger partial charge in [-0.2, -0.15) is 0 Å². The zero-order valence-corrected chi connectivity index (χ0v) is 13.1.